The predicted molar refractivity (Wildman–Crippen MR) is 77.3 cm³/mol. The first-order valence-electron chi connectivity index (χ1n) is 6.88. The second-order valence-electron chi connectivity index (χ2n) is 5.33. The van der Waals surface area contributed by atoms with Gasteiger partial charge in [0.25, 0.3) is 0 Å². The molecule has 0 amide bonds. The maximum Gasteiger partial charge on any atom is 0.337 e. The van der Waals surface area contributed by atoms with Crippen LogP contribution >= 0.6 is 0 Å². The van der Waals surface area contributed by atoms with Crippen molar-refractivity contribution in [2.75, 3.05) is 0 Å². The van der Waals surface area contributed by atoms with Gasteiger partial charge >= 0.3 is 5.97 Å². The number of aromatic carboxylic acids is 1. The molecular formula is C16H13N3O2. The maximum atomic E-state index is 11.4. The van der Waals surface area contributed by atoms with E-state index in [0.717, 1.165) is 6.42 Å². The van der Waals surface area contributed by atoms with Crippen molar-refractivity contribution in [3.63, 3.8) is 0 Å². The standard InChI is InChI=1S/C16H13N3O2/c20-16(21)11-7-4-8-13-15(11)19(18-17-13)14-9-12(14)10-5-2-1-3-6-10/h1-8,12,14H,9H2,(H,20,21). The number of aromatic nitrogens is 3. The number of benzene rings is 2. The molecule has 0 aliphatic heterocycles. The summed E-state index contributed by atoms with van der Waals surface area (Å²) in [5, 5.41) is 17.6. The number of para-hydroxylation sites is 1. The number of rotatable bonds is 3. The van der Waals surface area contributed by atoms with Crippen molar-refractivity contribution >= 4 is 17.0 Å². The number of hydrogen-bond donors (Lipinski definition) is 1. The van der Waals surface area contributed by atoms with E-state index < -0.39 is 5.97 Å². The molecule has 0 bridgehead atoms. The smallest absolute Gasteiger partial charge is 0.337 e. The van der Waals surface area contributed by atoms with Crippen LogP contribution in [-0.2, 0) is 0 Å². The Labute approximate surface area is 120 Å². The van der Waals surface area contributed by atoms with Gasteiger partial charge in [0, 0.05) is 5.92 Å². The van der Waals surface area contributed by atoms with E-state index in [4.69, 9.17) is 0 Å². The summed E-state index contributed by atoms with van der Waals surface area (Å²) >= 11 is 0. The van der Waals surface area contributed by atoms with Crippen LogP contribution in [0.3, 0.4) is 0 Å². The fourth-order valence-corrected chi connectivity index (χ4v) is 2.91. The third-order valence-corrected chi connectivity index (χ3v) is 4.02. The van der Waals surface area contributed by atoms with Crippen LogP contribution in [0, 0.1) is 0 Å². The summed E-state index contributed by atoms with van der Waals surface area (Å²) in [6.45, 7) is 0. The highest BCUT2D eigenvalue weighted by Crippen LogP contribution is 2.51. The lowest BCUT2D eigenvalue weighted by Gasteiger charge is -2.04. The Morgan fingerprint density at radius 1 is 1.14 bits per heavy atom. The van der Waals surface area contributed by atoms with E-state index >= 15 is 0 Å². The Morgan fingerprint density at radius 2 is 1.95 bits per heavy atom. The molecule has 1 aliphatic carbocycles. The summed E-state index contributed by atoms with van der Waals surface area (Å²) in [7, 11) is 0. The van der Waals surface area contributed by atoms with Crippen LogP contribution in [0.2, 0.25) is 0 Å². The van der Waals surface area contributed by atoms with Crippen LogP contribution in [0.25, 0.3) is 11.0 Å². The molecule has 2 aromatic carbocycles. The first-order valence-corrected chi connectivity index (χ1v) is 6.88. The maximum absolute atomic E-state index is 11.4. The molecule has 3 aromatic rings. The highest BCUT2D eigenvalue weighted by Gasteiger charge is 2.42. The minimum absolute atomic E-state index is 0.192. The van der Waals surface area contributed by atoms with E-state index in [1.165, 1.54) is 5.56 Å². The third-order valence-electron chi connectivity index (χ3n) is 4.02. The number of carboxylic acids is 1. The fraction of sp³-hybridized carbons (Fsp3) is 0.188. The van der Waals surface area contributed by atoms with E-state index in [9.17, 15) is 9.90 Å². The summed E-state index contributed by atoms with van der Waals surface area (Å²) in [5.41, 5.74) is 2.78. The molecule has 1 heterocycles. The van der Waals surface area contributed by atoms with Crippen LogP contribution in [0.4, 0.5) is 0 Å². The van der Waals surface area contributed by atoms with Gasteiger partial charge in [-0.1, -0.05) is 41.6 Å². The highest BCUT2D eigenvalue weighted by atomic mass is 16.4. The summed E-state index contributed by atoms with van der Waals surface area (Å²) in [4.78, 5) is 11.4. The normalized spacial score (nSPS) is 20.6. The average molecular weight is 279 g/mol. The lowest BCUT2D eigenvalue weighted by atomic mass is 10.1. The molecule has 1 aromatic heterocycles. The van der Waals surface area contributed by atoms with E-state index in [1.54, 1.807) is 22.9 Å². The summed E-state index contributed by atoms with van der Waals surface area (Å²) in [6, 6.07) is 15.5. The fourth-order valence-electron chi connectivity index (χ4n) is 2.91. The largest absolute Gasteiger partial charge is 0.478 e. The number of fused-ring (bicyclic) bond motifs is 1. The van der Waals surface area contributed by atoms with E-state index in [1.807, 2.05) is 18.2 Å². The topological polar surface area (TPSA) is 68.0 Å². The van der Waals surface area contributed by atoms with Crippen molar-refractivity contribution in [3.05, 3.63) is 59.7 Å². The lowest BCUT2D eigenvalue weighted by Crippen LogP contribution is -2.04. The molecule has 1 N–H and O–H groups in total. The van der Waals surface area contributed by atoms with Gasteiger partial charge in [0.1, 0.15) is 11.0 Å². The first-order chi connectivity index (χ1) is 10.3. The van der Waals surface area contributed by atoms with Crippen LogP contribution in [0.1, 0.15) is 34.3 Å². The van der Waals surface area contributed by atoms with Crippen LogP contribution < -0.4 is 0 Å². The molecule has 0 saturated heterocycles. The number of nitrogens with zero attached hydrogens (tertiary/aromatic N) is 3. The zero-order valence-corrected chi connectivity index (χ0v) is 11.2. The van der Waals surface area contributed by atoms with Crippen molar-refractivity contribution in [1.82, 2.24) is 15.0 Å². The van der Waals surface area contributed by atoms with Crippen molar-refractivity contribution in [2.45, 2.75) is 18.4 Å². The molecule has 5 heteroatoms. The van der Waals surface area contributed by atoms with Gasteiger partial charge < -0.3 is 5.11 Å². The second-order valence-corrected chi connectivity index (χ2v) is 5.33. The predicted octanol–water partition coefficient (Wildman–Crippen LogP) is 2.86. The molecule has 21 heavy (non-hydrogen) atoms. The van der Waals surface area contributed by atoms with Gasteiger partial charge in [0.15, 0.2) is 0 Å². The quantitative estimate of drug-likeness (QED) is 0.800. The number of carboxylic acid groups (broad SMARTS) is 1. The molecule has 2 unspecified atom stereocenters. The molecule has 2 atom stereocenters. The van der Waals surface area contributed by atoms with Gasteiger partial charge in [-0.05, 0) is 24.1 Å². The molecule has 1 saturated carbocycles. The Bertz CT molecular complexity index is 826. The molecule has 0 radical (unpaired) electrons. The van der Waals surface area contributed by atoms with Gasteiger partial charge in [0.2, 0.25) is 0 Å². The molecule has 4 rings (SSSR count). The Kier molecular flexibility index (Phi) is 2.54. The first kappa shape index (κ1) is 12.1. The van der Waals surface area contributed by atoms with Crippen molar-refractivity contribution in [2.24, 2.45) is 0 Å². The summed E-state index contributed by atoms with van der Waals surface area (Å²) in [6.07, 6.45) is 0.969. The lowest BCUT2D eigenvalue weighted by molar-refractivity contribution is 0.0698. The molecule has 5 nitrogen and oxygen atoms in total. The van der Waals surface area contributed by atoms with Crippen molar-refractivity contribution in [3.8, 4) is 0 Å². The zero-order valence-electron chi connectivity index (χ0n) is 11.2. The number of hydrogen-bond acceptors (Lipinski definition) is 3. The van der Waals surface area contributed by atoms with Crippen LogP contribution in [-0.4, -0.2) is 26.1 Å². The Hall–Kier alpha value is -2.69. The molecule has 1 fully saturated rings. The van der Waals surface area contributed by atoms with Crippen LogP contribution in [0.15, 0.2) is 48.5 Å². The van der Waals surface area contributed by atoms with E-state index in [0.29, 0.717) is 17.0 Å². The zero-order chi connectivity index (χ0) is 14.4. The Morgan fingerprint density at radius 3 is 2.71 bits per heavy atom. The minimum Gasteiger partial charge on any atom is -0.478 e. The van der Waals surface area contributed by atoms with Crippen molar-refractivity contribution < 1.29 is 9.90 Å². The van der Waals surface area contributed by atoms with Gasteiger partial charge in [0.05, 0.1) is 11.6 Å². The molecule has 0 spiro atoms. The van der Waals surface area contributed by atoms with E-state index in [-0.39, 0.29) is 11.6 Å². The monoisotopic (exact) mass is 279 g/mol. The summed E-state index contributed by atoms with van der Waals surface area (Å²) in [5.74, 6) is -0.556. The number of carbonyl (C=O) groups is 1. The van der Waals surface area contributed by atoms with Gasteiger partial charge in [-0.3, -0.25) is 0 Å². The summed E-state index contributed by atoms with van der Waals surface area (Å²) < 4.78 is 1.77. The molecular weight excluding hydrogens is 266 g/mol. The van der Waals surface area contributed by atoms with Crippen LogP contribution in [0.5, 0.6) is 0 Å². The van der Waals surface area contributed by atoms with Gasteiger partial charge in [-0.15, -0.1) is 5.10 Å². The SMILES string of the molecule is O=C(O)c1cccc2nnn(C3CC3c3ccccc3)c12. The second kappa shape index (κ2) is 4.41. The average Bonchev–Trinajstić information content (AvgIpc) is 3.19. The highest BCUT2D eigenvalue weighted by molar-refractivity contribution is 6.00. The molecule has 1 aliphatic rings. The third kappa shape index (κ3) is 1.89. The minimum atomic E-state index is -0.943. The van der Waals surface area contributed by atoms with Gasteiger partial charge in [-0.2, -0.15) is 0 Å². The van der Waals surface area contributed by atoms with E-state index in [2.05, 4.69) is 22.4 Å². The molecule has 104 valence electrons. The Balaban J connectivity index is 1.78. The van der Waals surface area contributed by atoms with Gasteiger partial charge in [-0.25, -0.2) is 9.48 Å². The van der Waals surface area contributed by atoms with Crippen molar-refractivity contribution in [1.29, 1.82) is 0 Å².